The maximum absolute atomic E-state index is 11.9. The van der Waals surface area contributed by atoms with Crippen LogP contribution in [0.4, 0.5) is 5.69 Å². The summed E-state index contributed by atoms with van der Waals surface area (Å²) < 4.78 is 0. The Morgan fingerprint density at radius 2 is 1.70 bits per heavy atom. The summed E-state index contributed by atoms with van der Waals surface area (Å²) in [5.74, 6) is -0.242. The Morgan fingerprint density at radius 1 is 1.15 bits per heavy atom. The minimum absolute atomic E-state index is 0.0695. The maximum atomic E-state index is 11.9. The maximum Gasteiger partial charge on any atom is 0.240 e. The summed E-state index contributed by atoms with van der Waals surface area (Å²) in [4.78, 5) is 25.3. The second kappa shape index (κ2) is 7.08. The molecule has 0 heterocycles. The molecule has 0 saturated carbocycles. The average molecular weight is 276 g/mol. The van der Waals surface area contributed by atoms with Gasteiger partial charge in [0.15, 0.2) is 0 Å². The SMILES string of the molecule is CCCNC(=O)CN(C(C)=O)c1c(C)cc(C)cc1C. The Kier molecular flexibility index (Phi) is 5.74. The van der Waals surface area contributed by atoms with Gasteiger partial charge in [0.1, 0.15) is 6.54 Å². The number of carbonyl (C=O) groups excluding carboxylic acids is 2. The number of rotatable bonds is 5. The summed E-state index contributed by atoms with van der Waals surface area (Å²) in [5.41, 5.74) is 4.03. The second-order valence-corrected chi connectivity index (χ2v) is 5.20. The average Bonchev–Trinajstić information content (AvgIpc) is 2.33. The van der Waals surface area contributed by atoms with E-state index in [4.69, 9.17) is 0 Å². The molecule has 0 aliphatic rings. The highest BCUT2D eigenvalue weighted by Gasteiger charge is 2.19. The molecule has 1 N–H and O–H groups in total. The number of amides is 2. The third-order valence-electron chi connectivity index (χ3n) is 3.16. The Morgan fingerprint density at radius 3 is 2.15 bits per heavy atom. The second-order valence-electron chi connectivity index (χ2n) is 5.20. The van der Waals surface area contributed by atoms with Gasteiger partial charge in [0.2, 0.25) is 11.8 Å². The number of hydrogen-bond donors (Lipinski definition) is 1. The lowest BCUT2D eigenvalue weighted by Crippen LogP contribution is -2.40. The fraction of sp³-hybridized carbons (Fsp3) is 0.500. The number of hydrogen-bond acceptors (Lipinski definition) is 2. The number of benzene rings is 1. The molecule has 0 radical (unpaired) electrons. The van der Waals surface area contributed by atoms with E-state index in [1.165, 1.54) is 6.92 Å². The van der Waals surface area contributed by atoms with Crippen LogP contribution in [0, 0.1) is 20.8 Å². The molecule has 20 heavy (non-hydrogen) atoms. The van der Waals surface area contributed by atoms with Gasteiger partial charge < -0.3 is 10.2 Å². The van der Waals surface area contributed by atoms with Crippen LogP contribution in [0.15, 0.2) is 12.1 Å². The van der Waals surface area contributed by atoms with E-state index in [-0.39, 0.29) is 18.4 Å². The van der Waals surface area contributed by atoms with Crippen LogP contribution >= 0.6 is 0 Å². The molecule has 0 spiro atoms. The van der Waals surface area contributed by atoms with Crippen molar-refractivity contribution in [1.82, 2.24) is 5.32 Å². The van der Waals surface area contributed by atoms with Crippen molar-refractivity contribution in [1.29, 1.82) is 0 Å². The van der Waals surface area contributed by atoms with Crippen LogP contribution < -0.4 is 10.2 Å². The van der Waals surface area contributed by atoms with Crippen LogP contribution in [0.3, 0.4) is 0 Å². The van der Waals surface area contributed by atoms with Gasteiger partial charge in [0, 0.05) is 13.5 Å². The minimum atomic E-state index is -0.124. The molecule has 1 rings (SSSR count). The largest absolute Gasteiger partial charge is 0.355 e. The summed E-state index contributed by atoms with van der Waals surface area (Å²) in [6, 6.07) is 4.06. The minimum Gasteiger partial charge on any atom is -0.355 e. The number of carbonyl (C=O) groups is 2. The summed E-state index contributed by atoms with van der Waals surface area (Å²) in [7, 11) is 0. The van der Waals surface area contributed by atoms with Gasteiger partial charge in [-0.25, -0.2) is 0 Å². The summed E-state index contributed by atoms with van der Waals surface area (Å²) in [5, 5.41) is 2.80. The van der Waals surface area contributed by atoms with Crippen molar-refractivity contribution in [2.24, 2.45) is 0 Å². The van der Waals surface area contributed by atoms with E-state index in [0.717, 1.165) is 28.8 Å². The Labute approximate surface area is 121 Å². The Bertz CT molecular complexity index is 486. The zero-order chi connectivity index (χ0) is 15.3. The molecular weight excluding hydrogens is 252 g/mol. The molecule has 0 unspecified atom stereocenters. The van der Waals surface area contributed by atoms with Crippen molar-refractivity contribution >= 4 is 17.5 Å². The van der Waals surface area contributed by atoms with Gasteiger partial charge in [-0.2, -0.15) is 0 Å². The monoisotopic (exact) mass is 276 g/mol. The fourth-order valence-electron chi connectivity index (χ4n) is 2.41. The van der Waals surface area contributed by atoms with Gasteiger partial charge in [-0.1, -0.05) is 24.6 Å². The van der Waals surface area contributed by atoms with Gasteiger partial charge in [-0.05, 0) is 38.3 Å². The van der Waals surface area contributed by atoms with E-state index >= 15 is 0 Å². The van der Waals surface area contributed by atoms with Crippen LogP contribution in [-0.2, 0) is 9.59 Å². The highest BCUT2D eigenvalue weighted by Crippen LogP contribution is 2.26. The van der Waals surface area contributed by atoms with Gasteiger partial charge in [0.05, 0.1) is 5.69 Å². The highest BCUT2D eigenvalue weighted by atomic mass is 16.2. The summed E-state index contributed by atoms with van der Waals surface area (Å²) in [6.45, 7) is 10.2. The first-order chi connectivity index (χ1) is 9.36. The van der Waals surface area contributed by atoms with Crippen LogP contribution in [0.5, 0.6) is 0 Å². The van der Waals surface area contributed by atoms with Gasteiger partial charge in [-0.15, -0.1) is 0 Å². The van der Waals surface area contributed by atoms with E-state index in [2.05, 4.69) is 5.32 Å². The Hall–Kier alpha value is -1.84. The topological polar surface area (TPSA) is 49.4 Å². The molecule has 1 aromatic rings. The van der Waals surface area contributed by atoms with Crippen LogP contribution in [0.1, 0.15) is 37.0 Å². The molecule has 0 aliphatic heterocycles. The number of nitrogens with one attached hydrogen (secondary N) is 1. The van der Waals surface area contributed by atoms with Crippen molar-refractivity contribution in [2.75, 3.05) is 18.0 Å². The molecular formula is C16H24N2O2. The lowest BCUT2D eigenvalue weighted by Gasteiger charge is -2.25. The first-order valence-corrected chi connectivity index (χ1v) is 6.99. The van der Waals surface area contributed by atoms with Crippen molar-refractivity contribution in [3.63, 3.8) is 0 Å². The molecule has 1 aromatic carbocycles. The first kappa shape index (κ1) is 16.2. The van der Waals surface area contributed by atoms with Crippen molar-refractivity contribution in [3.05, 3.63) is 28.8 Å². The third-order valence-corrected chi connectivity index (χ3v) is 3.16. The predicted molar refractivity (Wildman–Crippen MR) is 82.0 cm³/mol. The quantitative estimate of drug-likeness (QED) is 0.898. The number of aryl methyl sites for hydroxylation is 3. The molecule has 0 saturated heterocycles. The lowest BCUT2D eigenvalue weighted by molar-refractivity contribution is -0.123. The molecule has 0 fully saturated rings. The molecule has 0 aromatic heterocycles. The molecule has 2 amide bonds. The molecule has 0 aliphatic carbocycles. The van der Waals surface area contributed by atoms with E-state index in [1.54, 1.807) is 4.90 Å². The molecule has 4 heteroatoms. The zero-order valence-electron chi connectivity index (χ0n) is 13.0. The predicted octanol–water partition coefficient (Wildman–Crippen LogP) is 2.49. The van der Waals surface area contributed by atoms with Crippen LogP contribution in [-0.4, -0.2) is 24.9 Å². The fourth-order valence-corrected chi connectivity index (χ4v) is 2.41. The lowest BCUT2D eigenvalue weighted by atomic mass is 10.0. The van der Waals surface area contributed by atoms with E-state index in [0.29, 0.717) is 6.54 Å². The molecule has 4 nitrogen and oxygen atoms in total. The molecule has 0 bridgehead atoms. The first-order valence-electron chi connectivity index (χ1n) is 6.99. The number of nitrogens with zero attached hydrogens (tertiary/aromatic N) is 1. The normalized spacial score (nSPS) is 10.2. The zero-order valence-corrected chi connectivity index (χ0v) is 13.0. The summed E-state index contributed by atoms with van der Waals surface area (Å²) in [6.07, 6.45) is 0.883. The van der Waals surface area contributed by atoms with Crippen molar-refractivity contribution < 1.29 is 9.59 Å². The van der Waals surface area contributed by atoms with Gasteiger partial charge in [0.25, 0.3) is 0 Å². The standard InChI is InChI=1S/C16H24N2O2/c1-6-7-17-15(20)10-18(14(5)19)16-12(3)8-11(2)9-13(16)4/h8-9H,6-7,10H2,1-5H3,(H,17,20). The van der Waals surface area contributed by atoms with Gasteiger partial charge >= 0.3 is 0 Å². The van der Waals surface area contributed by atoms with Crippen molar-refractivity contribution in [2.45, 2.75) is 41.0 Å². The highest BCUT2D eigenvalue weighted by molar-refractivity contribution is 5.98. The Balaban J connectivity index is 3.03. The van der Waals surface area contributed by atoms with E-state index < -0.39 is 0 Å². The smallest absolute Gasteiger partial charge is 0.240 e. The van der Waals surface area contributed by atoms with Crippen LogP contribution in [0.25, 0.3) is 0 Å². The molecule has 110 valence electrons. The van der Waals surface area contributed by atoms with Crippen LogP contribution in [0.2, 0.25) is 0 Å². The molecule has 0 atom stereocenters. The number of anilines is 1. The third kappa shape index (κ3) is 4.08. The van der Waals surface area contributed by atoms with Crippen molar-refractivity contribution in [3.8, 4) is 0 Å². The van der Waals surface area contributed by atoms with E-state index in [9.17, 15) is 9.59 Å². The van der Waals surface area contributed by atoms with E-state index in [1.807, 2.05) is 39.8 Å². The van der Waals surface area contributed by atoms with Gasteiger partial charge in [-0.3, -0.25) is 9.59 Å². The summed E-state index contributed by atoms with van der Waals surface area (Å²) >= 11 is 0.